The van der Waals surface area contributed by atoms with Gasteiger partial charge in [0.25, 0.3) is 10.0 Å². The number of rotatable bonds is 7. The van der Waals surface area contributed by atoms with Crippen LogP contribution in [0.15, 0.2) is 59.1 Å². The number of ketones is 1. The molecule has 3 aromatic rings. The smallest absolute Gasteiger partial charge is 0.268 e. The summed E-state index contributed by atoms with van der Waals surface area (Å²) in [6.07, 6.45) is 2.31. The monoisotopic (exact) mass is 500 g/mol. The van der Waals surface area contributed by atoms with Crippen LogP contribution in [0.1, 0.15) is 21.6 Å². The van der Waals surface area contributed by atoms with Gasteiger partial charge in [-0.1, -0.05) is 17.7 Å². The lowest BCUT2D eigenvalue weighted by Gasteiger charge is -2.13. The number of allylic oxidation sites excluding steroid dienone is 1. The van der Waals surface area contributed by atoms with Gasteiger partial charge in [0.2, 0.25) is 15.8 Å². The van der Waals surface area contributed by atoms with E-state index in [0.29, 0.717) is 10.9 Å². The Kier molecular flexibility index (Phi) is 6.59. The molecule has 1 aromatic heterocycles. The van der Waals surface area contributed by atoms with Gasteiger partial charge in [0, 0.05) is 25.7 Å². The Morgan fingerprint density at radius 3 is 2.21 bits per heavy atom. The van der Waals surface area contributed by atoms with Crippen LogP contribution in [0.2, 0.25) is 0 Å². The van der Waals surface area contributed by atoms with E-state index in [-0.39, 0.29) is 27.4 Å². The zero-order valence-electron chi connectivity index (χ0n) is 19.3. The Morgan fingerprint density at radius 1 is 1.06 bits per heavy atom. The molecule has 0 radical (unpaired) electrons. The van der Waals surface area contributed by atoms with E-state index in [1.54, 1.807) is 33.2 Å². The minimum Gasteiger partial charge on any atom is -0.382 e. The molecular formula is C23H24N4O5S2. The number of nitrogens with one attached hydrogen (secondary N) is 1. The number of nitriles is 1. The standard InChI is InChI=1S/C23H24N4O5S2/c1-15-6-8-19(9-7-15)34(31,32)27-21-10-16(2)20(25-33(5,29)30)11-17(21)12-22(27)23(28)18(13-24)14-26(3)4/h6-12,14,25H,1-5H3. The van der Waals surface area contributed by atoms with Gasteiger partial charge in [-0.2, -0.15) is 5.26 Å². The maximum absolute atomic E-state index is 13.7. The number of benzene rings is 2. The first-order chi connectivity index (χ1) is 15.7. The summed E-state index contributed by atoms with van der Waals surface area (Å²) < 4.78 is 54.2. The molecule has 0 saturated heterocycles. The Labute approximate surface area is 199 Å². The predicted molar refractivity (Wildman–Crippen MR) is 131 cm³/mol. The van der Waals surface area contributed by atoms with E-state index >= 15 is 0 Å². The van der Waals surface area contributed by atoms with Crippen LogP contribution < -0.4 is 4.72 Å². The second-order valence-corrected chi connectivity index (χ2v) is 11.7. The summed E-state index contributed by atoms with van der Waals surface area (Å²) in [6.45, 7) is 3.44. The van der Waals surface area contributed by atoms with Crippen molar-refractivity contribution in [2.24, 2.45) is 0 Å². The van der Waals surface area contributed by atoms with Crippen LogP contribution in [0.5, 0.6) is 0 Å². The molecule has 1 heterocycles. The van der Waals surface area contributed by atoms with E-state index in [1.807, 2.05) is 13.0 Å². The van der Waals surface area contributed by atoms with Crippen LogP contribution in [0, 0.1) is 25.2 Å². The van der Waals surface area contributed by atoms with Crippen molar-refractivity contribution in [3.05, 3.63) is 71.1 Å². The Balaban J connectivity index is 2.39. The molecule has 0 unspecified atom stereocenters. The highest BCUT2D eigenvalue weighted by atomic mass is 32.2. The highest BCUT2D eigenvalue weighted by Gasteiger charge is 2.28. The molecular weight excluding hydrogens is 476 g/mol. The number of sulfonamides is 1. The van der Waals surface area contributed by atoms with Crippen LogP contribution in [0.25, 0.3) is 10.9 Å². The number of fused-ring (bicyclic) bond motifs is 1. The van der Waals surface area contributed by atoms with Crippen LogP contribution in [0.4, 0.5) is 5.69 Å². The highest BCUT2D eigenvalue weighted by Crippen LogP contribution is 2.31. The first kappa shape index (κ1) is 25.0. The molecule has 0 spiro atoms. The Bertz CT molecular complexity index is 1570. The number of hydrogen-bond donors (Lipinski definition) is 1. The molecule has 0 saturated carbocycles. The van der Waals surface area contributed by atoms with Crippen molar-refractivity contribution in [1.29, 1.82) is 5.26 Å². The van der Waals surface area contributed by atoms with Gasteiger partial charge in [0.05, 0.1) is 22.4 Å². The van der Waals surface area contributed by atoms with Gasteiger partial charge in [0.1, 0.15) is 17.3 Å². The van der Waals surface area contributed by atoms with Gasteiger partial charge in [-0.3, -0.25) is 9.52 Å². The van der Waals surface area contributed by atoms with E-state index in [2.05, 4.69) is 4.72 Å². The average molecular weight is 501 g/mol. The van der Waals surface area contributed by atoms with Crippen LogP contribution in [-0.2, 0) is 20.0 Å². The van der Waals surface area contributed by atoms with E-state index in [9.17, 15) is 26.9 Å². The molecule has 3 rings (SSSR count). The van der Waals surface area contributed by atoms with E-state index in [4.69, 9.17) is 0 Å². The summed E-state index contributed by atoms with van der Waals surface area (Å²) in [6, 6.07) is 12.3. The van der Waals surface area contributed by atoms with Gasteiger partial charge in [-0.05, 0) is 49.7 Å². The van der Waals surface area contributed by atoms with Crippen LogP contribution in [-0.4, -0.2) is 51.8 Å². The molecule has 0 atom stereocenters. The third-order valence-electron chi connectivity index (χ3n) is 4.94. The highest BCUT2D eigenvalue weighted by molar-refractivity contribution is 7.92. The lowest BCUT2D eigenvalue weighted by molar-refractivity contribution is 0.103. The fourth-order valence-electron chi connectivity index (χ4n) is 3.41. The van der Waals surface area contributed by atoms with Crippen molar-refractivity contribution in [3.8, 4) is 6.07 Å². The summed E-state index contributed by atoms with van der Waals surface area (Å²) >= 11 is 0. The fourth-order valence-corrected chi connectivity index (χ4v) is 5.53. The second kappa shape index (κ2) is 8.96. The molecule has 0 aliphatic heterocycles. The van der Waals surface area contributed by atoms with Crippen LogP contribution >= 0.6 is 0 Å². The van der Waals surface area contributed by atoms with Gasteiger partial charge in [-0.15, -0.1) is 0 Å². The van der Waals surface area contributed by atoms with Gasteiger partial charge in [-0.25, -0.2) is 20.8 Å². The van der Waals surface area contributed by atoms with Gasteiger partial charge in [0.15, 0.2) is 0 Å². The normalized spacial score (nSPS) is 12.4. The van der Waals surface area contributed by atoms with E-state index < -0.39 is 25.8 Å². The summed E-state index contributed by atoms with van der Waals surface area (Å²) in [5.41, 5.74) is 1.27. The lowest BCUT2D eigenvalue weighted by atomic mass is 10.1. The second-order valence-electron chi connectivity index (χ2n) is 8.16. The maximum atomic E-state index is 13.7. The van der Waals surface area contributed by atoms with Crippen molar-refractivity contribution < 1.29 is 21.6 Å². The number of aryl methyl sites for hydroxylation is 2. The minimum absolute atomic E-state index is 0.0317. The summed E-state index contributed by atoms with van der Waals surface area (Å²) in [4.78, 5) is 14.8. The van der Waals surface area contributed by atoms with Crippen molar-refractivity contribution in [3.63, 3.8) is 0 Å². The molecule has 34 heavy (non-hydrogen) atoms. The molecule has 0 aliphatic carbocycles. The van der Waals surface area contributed by atoms with Gasteiger partial charge < -0.3 is 4.90 Å². The molecule has 0 aliphatic rings. The zero-order chi connectivity index (χ0) is 25.4. The topological polar surface area (TPSA) is 129 Å². The van der Waals surface area contributed by atoms with E-state index in [0.717, 1.165) is 15.8 Å². The van der Waals surface area contributed by atoms with E-state index in [1.165, 1.54) is 41.4 Å². The number of anilines is 1. The molecule has 0 fully saturated rings. The van der Waals surface area contributed by atoms with Gasteiger partial charge >= 0.3 is 0 Å². The van der Waals surface area contributed by atoms with Crippen molar-refractivity contribution in [2.45, 2.75) is 18.7 Å². The molecule has 1 N–H and O–H groups in total. The number of Topliss-reactive ketones (excluding diaryl/α,β-unsaturated/α-hetero) is 1. The molecule has 2 aromatic carbocycles. The average Bonchev–Trinajstić information content (AvgIpc) is 3.09. The fraction of sp³-hybridized carbons (Fsp3) is 0.217. The SMILES string of the molecule is Cc1ccc(S(=O)(=O)n2c(C(=O)C(C#N)=CN(C)C)cc3cc(NS(C)(=O)=O)c(C)cc32)cc1. The molecule has 11 heteroatoms. The first-order valence-corrected chi connectivity index (χ1v) is 13.4. The van der Waals surface area contributed by atoms with Crippen molar-refractivity contribution in [1.82, 2.24) is 8.87 Å². The predicted octanol–water partition coefficient (Wildman–Crippen LogP) is 3.02. The Morgan fingerprint density at radius 2 is 1.68 bits per heavy atom. The summed E-state index contributed by atoms with van der Waals surface area (Å²) in [7, 11) is -4.57. The van der Waals surface area contributed by atoms with Crippen molar-refractivity contribution in [2.75, 3.05) is 25.1 Å². The third kappa shape index (κ3) is 4.98. The number of hydrogen-bond acceptors (Lipinski definition) is 7. The lowest BCUT2D eigenvalue weighted by Crippen LogP contribution is -2.20. The molecule has 0 bridgehead atoms. The first-order valence-electron chi connectivity index (χ1n) is 10.0. The van der Waals surface area contributed by atoms with Crippen molar-refractivity contribution >= 4 is 42.4 Å². The largest absolute Gasteiger partial charge is 0.382 e. The van der Waals surface area contributed by atoms with Crippen LogP contribution in [0.3, 0.4) is 0 Å². The number of carbonyl (C=O) groups excluding carboxylic acids is 1. The molecule has 9 nitrogen and oxygen atoms in total. The number of nitrogens with zero attached hydrogens (tertiary/aromatic N) is 3. The minimum atomic E-state index is -4.24. The zero-order valence-corrected chi connectivity index (χ0v) is 21.0. The molecule has 0 amide bonds. The quantitative estimate of drug-likeness (QED) is 0.300. The molecule has 178 valence electrons. The summed E-state index contributed by atoms with van der Waals surface area (Å²) in [5.74, 6) is -0.779. The maximum Gasteiger partial charge on any atom is 0.268 e. The number of carbonyl (C=O) groups is 1. The Hall–Kier alpha value is -3.62. The number of aromatic nitrogens is 1. The summed E-state index contributed by atoms with van der Waals surface area (Å²) in [5, 5.41) is 9.85. The third-order valence-corrected chi connectivity index (χ3v) is 7.28.